The Morgan fingerprint density at radius 1 is 1.29 bits per heavy atom. The number of fused-ring (bicyclic) bond motifs is 1. The van der Waals surface area contributed by atoms with Gasteiger partial charge in [-0.2, -0.15) is 0 Å². The summed E-state index contributed by atoms with van der Waals surface area (Å²) in [5.41, 5.74) is 10.0. The highest BCUT2D eigenvalue weighted by atomic mass is 16.5. The summed E-state index contributed by atoms with van der Waals surface area (Å²) in [5.74, 6) is 0. The highest BCUT2D eigenvalue weighted by Crippen LogP contribution is 2.29. The largest absolute Gasteiger partial charge is 0.382 e. The first-order chi connectivity index (χ1) is 10.2. The molecule has 4 nitrogen and oxygen atoms in total. The van der Waals surface area contributed by atoms with Crippen LogP contribution in [-0.2, 0) is 15.9 Å². The molecule has 0 saturated carbocycles. The van der Waals surface area contributed by atoms with E-state index in [4.69, 9.17) is 15.2 Å². The molecule has 1 aromatic rings. The molecule has 0 spiro atoms. The third-order valence-corrected chi connectivity index (χ3v) is 3.99. The number of hydrogen-bond donors (Lipinski definition) is 1. The van der Waals surface area contributed by atoms with Crippen molar-refractivity contribution in [3.05, 3.63) is 29.3 Å². The van der Waals surface area contributed by atoms with Crippen molar-refractivity contribution < 1.29 is 9.47 Å². The quantitative estimate of drug-likeness (QED) is 0.748. The Morgan fingerprint density at radius 3 is 2.90 bits per heavy atom. The minimum Gasteiger partial charge on any atom is -0.382 e. The molecule has 0 fully saturated rings. The molecule has 1 aliphatic rings. The van der Waals surface area contributed by atoms with Gasteiger partial charge in [-0.1, -0.05) is 12.1 Å². The van der Waals surface area contributed by atoms with Crippen LogP contribution in [0.15, 0.2) is 18.2 Å². The Hall–Kier alpha value is -1.10. The lowest BCUT2D eigenvalue weighted by Gasteiger charge is -2.32. The third kappa shape index (κ3) is 4.70. The lowest BCUT2D eigenvalue weighted by Crippen LogP contribution is -2.31. The van der Waals surface area contributed by atoms with E-state index >= 15 is 0 Å². The Kier molecular flexibility index (Phi) is 6.49. The standard InChI is InChI=1S/C17H28N2O2/c1-14(18)15-6-7-17-16(13-15)5-3-8-19(17)9-4-10-21-12-11-20-2/h6-7,13-14H,3-5,8-12,18H2,1-2H3. The second-order valence-electron chi connectivity index (χ2n) is 5.73. The molecule has 2 rings (SSSR count). The Bertz CT molecular complexity index is 435. The van der Waals surface area contributed by atoms with Gasteiger partial charge in [0, 0.05) is 38.5 Å². The maximum atomic E-state index is 5.98. The third-order valence-electron chi connectivity index (χ3n) is 3.99. The molecular formula is C17H28N2O2. The zero-order chi connectivity index (χ0) is 15.1. The van der Waals surface area contributed by atoms with Crippen molar-refractivity contribution in [2.75, 3.05) is 44.9 Å². The predicted molar refractivity (Wildman–Crippen MR) is 86.9 cm³/mol. The van der Waals surface area contributed by atoms with Crippen LogP contribution in [-0.4, -0.2) is 40.0 Å². The first kappa shape index (κ1) is 16.3. The van der Waals surface area contributed by atoms with E-state index in [9.17, 15) is 0 Å². The van der Waals surface area contributed by atoms with Crippen molar-refractivity contribution in [3.63, 3.8) is 0 Å². The molecule has 1 aromatic carbocycles. The highest BCUT2D eigenvalue weighted by Gasteiger charge is 2.17. The van der Waals surface area contributed by atoms with Gasteiger partial charge in [-0.25, -0.2) is 0 Å². The zero-order valence-corrected chi connectivity index (χ0v) is 13.3. The zero-order valence-electron chi connectivity index (χ0n) is 13.3. The molecule has 0 amide bonds. The minimum absolute atomic E-state index is 0.111. The van der Waals surface area contributed by atoms with Crippen molar-refractivity contribution in [1.82, 2.24) is 0 Å². The van der Waals surface area contributed by atoms with Crippen LogP contribution < -0.4 is 10.6 Å². The molecule has 0 saturated heterocycles. The molecular weight excluding hydrogens is 264 g/mol. The summed E-state index contributed by atoms with van der Waals surface area (Å²) in [6.45, 7) is 6.39. The number of methoxy groups -OCH3 is 1. The van der Waals surface area contributed by atoms with E-state index in [1.807, 2.05) is 6.92 Å². The van der Waals surface area contributed by atoms with Gasteiger partial charge in [-0.3, -0.25) is 0 Å². The fraction of sp³-hybridized carbons (Fsp3) is 0.647. The van der Waals surface area contributed by atoms with E-state index in [0.717, 1.165) is 32.5 Å². The molecule has 4 heteroatoms. The number of rotatable bonds is 8. The molecule has 0 bridgehead atoms. The summed E-state index contributed by atoms with van der Waals surface area (Å²) >= 11 is 0. The molecule has 0 aliphatic carbocycles. The average molecular weight is 292 g/mol. The minimum atomic E-state index is 0.111. The monoisotopic (exact) mass is 292 g/mol. The molecule has 21 heavy (non-hydrogen) atoms. The van der Waals surface area contributed by atoms with Crippen LogP contribution in [0.5, 0.6) is 0 Å². The number of aryl methyl sites for hydroxylation is 1. The first-order valence-corrected chi connectivity index (χ1v) is 7.92. The SMILES string of the molecule is COCCOCCCN1CCCc2cc(C(C)N)ccc21. The Balaban J connectivity index is 1.86. The van der Waals surface area contributed by atoms with Gasteiger partial charge in [0.1, 0.15) is 0 Å². The second-order valence-corrected chi connectivity index (χ2v) is 5.73. The predicted octanol–water partition coefficient (Wildman–Crippen LogP) is 2.51. The second kappa shape index (κ2) is 8.37. The van der Waals surface area contributed by atoms with E-state index in [2.05, 4.69) is 23.1 Å². The lowest BCUT2D eigenvalue weighted by molar-refractivity contribution is 0.0700. The smallest absolute Gasteiger partial charge is 0.0700 e. The van der Waals surface area contributed by atoms with Gasteiger partial charge in [-0.15, -0.1) is 0 Å². The molecule has 1 aliphatic heterocycles. The normalized spacial score (nSPS) is 15.9. The number of anilines is 1. The van der Waals surface area contributed by atoms with Crippen molar-refractivity contribution in [2.45, 2.75) is 32.2 Å². The van der Waals surface area contributed by atoms with Gasteiger partial charge in [0.25, 0.3) is 0 Å². The number of nitrogens with two attached hydrogens (primary N) is 1. The summed E-state index contributed by atoms with van der Waals surface area (Å²) in [4.78, 5) is 2.48. The Morgan fingerprint density at radius 2 is 2.14 bits per heavy atom. The van der Waals surface area contributed by atoms with Crippen molar-refractivity contribution in [2.24, 2.45) is 5.73 Å². The number of ether oxygens (including phenoxy) is 2. The van der Waals surface area contributed by atoms with Gasteiger partial charge < -0.3 is 20.1 Å². The molecule has 1 heterocycles. The maximum Gasteiger partial charge on any atom is 0.0700 e. The fourth-order valence-electron chi connectivity index (χ4n) is 2.81. The topological polar surface area (TPSA) is 47.7 Å². The van der Waals surface area contributed by atoms with Gasteiger partial charge in [0.2, 0.25) is 0 Å². The van der Waals surface area contributed by atoms with E-state index in [0.29, 0.717) is 13.2 Å². The molecule has 1 unspecified atom stereocenters. The molecule has 118 valence electrons. The molecule has 1 atom stereocenters. The number of benzene rings is 1. The molecule has 0 aromatic heterocycles. The summed E-state index contributed by atoms with van der Waals surface area (Å²) in [6, 6.07) is 6.79. The van der Waals surface area contributed by atoms with Gasteiger partial charge in [-0.05, 0) is 43.4 Å². The van der Waals surface area contributed by atoms with Crippen molar-refractivity contribution in [1.29, 1.82) is 0 Å². The van der Waals surface area contributed by atoms with Crippen molar-refractivity contribution >= 4 is 5.69 Å². The van der Waals surface area contributed by atoms with Gasteiger partial charge in [0.05, 0.1) is 13.2 Å². The summed E-state index contributed by atoms with van der Waals surface area (Å²) in [5, 5.41) is 0. The van der Waals surface area contributed by atoms with Crippen LogP contribution in [0.3, 0.4) is 0 Å². The van der Waals surface area contributed by atoms with Gasteiger partial charge in [0.15, 0.2) is 0 Å². The number of nitrogens with zero attached hydrogens (tertiary/aromatic N) is 1. The van der Waals surface area contributed by atoms with Crippen LogP contribution in [0.2, 0.25) is 0 Å². The average Bonchev–Trinajstić information content (AvgIpc) is 2.50. The van der Waals surface area contributed by atoms with Crippen LogP contribution in [0.25, 0.3) is 0 Å². The fourth-order valence-corrected chi connectivity index (χ4v) is 2.81. The number of hydrogen-bond acceptors (Lipinski definition) is 4. The molecule has 2 N–H and O–H groups in total. The molecule has 0 radical (unpaired) electrons. The summed E-state index contributed by atoms with van der Waals surface area (Å²) in [7, 11) is 1.70. The maximum absolute atomic E-state index is 5.98. The van der Waals surface area contributed by atoms with E-state index in [1.165, 1.54) is 23.2 Å². The summed E-state index contributed by atoms with van der Waals surface area (Å²) in [6.07, 6.45) is 3.44. The summed E-state index contributed by atoms with van der Waals surface area (Å²) < 4.78 is 10.5. The van der Waals surface area contributed by atoms with Gasteiger partial charge >= 0.3 is 0 Å². The van der Waals surface area contributed by atoms with Crippen LogP contribution in [0.1, 0.15) is 36.9 Å². The van der Waals surface area contributed by atoms with Crippen LogP contribution in [0, 0.1) is 0 Å². The highest BCUT2D eigenvalue weighted by molar-refractivity contribution is 5.57. The lowest BCUT2D eigenvalue weighted by atomic mass is 9.97. The van der Waals surface area contributed by atoms with Crippen LogP contribution in [0.4, 0.5) is 5.69 Å². The first-order valence-electron chi connectivity index (χ1n) is 7.92. The van der Waals surface area contributed by atoms with Crippen LogP contribution >= 0.6 is 0 Å². The van der Waals surface area contributed by atoms with E-state index in [-0.39, 0.29) is 6.04 Å². The van der Waals surface area contributed by atoms with Crippen molar-refractivity contribution in [3.8, 4) is 0 Å². The van der Waals surface area contributed by atoms with E-state index < -0.39 is 0 Å². The Labute approximate surface area is 128 Å². The van der Waals surface area contributed by atoms with E-state index in [1.54, 1.807) is 7.11 Å².